The van der Waals surface area contributed by atoms with Crippen molar-refractivity contribution in [1.29, 1.82) is 0 Å². The molecule has 0 saturated carbocycles. The molecule has 4 heteroatoms. The van der Waals surface area contributed by atoms with Crippen LogP contribution >= 0.6 is 0 Å². The Labute approximate surface area is 89.9 Å². The SMILES string of the molecule is CCC(C)CC(=O)Nc1ncccc1N. The van der Waals surface area contributed by atoms with Gasteiger partial charge in [-0.25, -0.2) is 4.98 Å². The molecule has 0 aliphatic heterocycles. The molecular weight excluding hydrogens is 190 g/mol. The minimum Gasteiger partial charge on any atom is -0.396 e. The van der Waals surface area contributed by atoms with Crippen molar-refractivity contribution in [3.8, 4) is 0 Å². The summed E-state index contributed by atoms with van der Waals surface area (Å²) in [5.74, 6) is 0.801. The Kier molecular flexibility index (Phi) is 4.09. The zero-order valence-corrected chi connectivity index (χ0v) is 9.16. The van der Waals surface area contributed by atoms with Gasteiger partial charge in [-0.3, -0.25) is 4.79 Å². The number of pyridine rings is 1. The van der Waals surface area contributed by atoms with Gasteiger partial charge in [0.15, 0.2) is 5.82 Å². The summed E-state index contributed by atoms with van der Waals surface area (Å²) in [4.78, 5) is 15.5. The highest BCUT2D eigenvalue weighted by Crippen LogP contribution is 2.14. The second kappa shape index (κ2) is 5.34. The Bertz CT molecular complexity index is 338. The summed E-state index contributed by atoms with van der Waals surface area (Å²) in [6.45, 7) is 4.11. The lowest BCUT2D eigenvalue weighted by molar-refractivity contribution is -0.117. The van der Waals surface area contributed by atoms with Gasteiger partial charge in [-0.15, -0.1) is 0 Å². The molecule has 0 aromatic carbocycles. The third kappa shape index (κ3) is 3.58. The van der Waals surface area contributed by atoms with Crippen molar-refractivity contribution in [2.24, 2.45) is 5.92 Å². The zero-order chi connectivity index (χ0) is 11.3. The lowest BCUT2D eigenvalue weighted by atomic mass is 10.1. The van der Waals surface area contributed by atoms with Gasteiger partial charge in [0.05, 0.1) is 5.69 Å². The van der Waals surface area contributed by atoms with Gasteiger partial charge in [0, 0.05) is 12.6 Å². The van der Waals surface area contributed by atoms with Crippen molar-refractivity contribution in [1.82, 2.24) is 4.98 Å². The number of aromatic nitrogens is 1. The summed E-state index contributed by atoms with van der Waals surface area (Å²) in [6.07, 6.45) is 3.10. The summed E-state index contributed by atoms with van der Waals surface area (Å²) < 4.78 is 0. The van der Waals surface area contributed by atoms with Crippen LogP contribution in [0.2, 0.25) is 0 Å². The summed E-state index contributed by atoms with van der Waals surface area (Å²) >= 11 is 0. The first-order chi connectivity index (χ1) is 7.13. The van der Waals surface area contributed by atoms with Crippen molar-refractivity contribution < 1.29 is 4.79 Å². The molecule has 0 saturated heterocycles. The van der Waals surface area contributed by atoms with E-state index in [2.05, 4.69) is 17.2 Å². The smallest absolute Gasteiger partial charge is 0.225 e. The first kappa shape index (κ1) is 11.5. The van der Waals surface area contributed by atoms with Crippen LogP contribution in [-0.4, -0.2) is 10.9 Å². The first-order valence-corrected chi connectivity index (χ1v) is 5.13. The molecule has 0 fully saturated rings. The first-order valence-electron chi connectivity index (χ1n) is 5.13. The highest BCUT2D eigenvalue weighted by atomic mass is 16.1. The van der Waals surface area contributed by atoms with Crippen molar-refractivity contribution in [3.05, 3.63) is 18.3 Å². The minimum absolute atomic E-state index is 0.0326. The monoisotopic (exact) mass is 207 g/mol. The van der Waals surface area contributed by atoms with E-state index in [4.69, 9.17) is 5.73 Å². The molecule has 0 radical (unpaired) electrons. The number of hydrogen-bond donors (Lipinski definition) is 2. The molecule has 1 heterocycles. The Hall–Kier alpha value is -1.58. The number of carbonyl (C=O) groups excluding carboxylic acids is 1. The lowest BCUT2D eigenvalue weighted by Gasteiger charge is -2.09. The van der Waals surface area contributed by atoms with Crippen molar-refractivity contribution in [2.75, 3.05) is 11.1 Å². The molecule has 0 bridgehead atoms. The van der Waals surface area contributed by atoms with Crippen molar-refractivity contribution in [3.63, 3.8) is 0 Å². The van der Waals surface area contributed by atoms with Crippen molar-refractivity contribution in [2.45, 2.75) is 26.7 Å². The molecule has 1 atom stereocenters. The number of hydrogen-bond acceptors (Lipinski definition) is 3. The average molecular weight is 207 g/mol. The maximum atomic E-state index is 11.5. The average Bonchev–Trinajstić information content (AvgIpc) is 2.21. The summed E-state index contributed by atoms with van der Waals surface area (Å²) in [5.41, 5.74) is 6.15. The van der Waals surface area contributed by atoms with Crippen LogP contribution in [0, 0.1) is 5.92 Å². The van der Waals surface area contributed by atoms with E-state index in [1.165, 1.54) is 0 Å². The third-order valence-corrected chi connectivity index (χ3v) is 2.33. The Morgan fingerprint density at radius 2 is 2.40 bits per heavy atom. The van der Waals surface area contributed by atoms with E-state index in [1.54, 1.807) is 18.3 Å². The normalized spacial score (nSPS) is 12.1. The molecule has 0 spiro atoms. The fraction of sp³-hybridized carbons (Fsp3) is 0.455. The van der Waals surface area contributed by atoms with E-state index in [0.29, 0.717) is 23.8 Å². The molecule has 82 valence electrons. The summed E-state index contributed by atoms with van der Waals surface area (Å²) in [7, 11) is 0. The number of carbonyl (C=O) groups is 1. The lowest BCUT2D eigenvalue weighted by Crippen LogP contribution is -2.16. The van der Waals surface area contributed by atoms with E-state index < -0.39 is 0 Å². The molecule has 3 N–H and O–H groups in total. The molecular formula is C11H17N3O. The van der Waals surface area contributed by atoms with Gasteiger partial charge in [-0.1, -0.05) is 20.3 Å². The van der Waals surface area contributed by atoms with Crippen LogP contribution in [-0.2, 0) is 4.79 Å². The Morgan fingerprint density at radius 3 is 3.00 bits per heavy atom. The van der Waals surface area contributed by atoms with Crippen LogP contribution in [0.4, 0.5) is 11.5 Å². The zero-order valence-electron chi connectivity index (χ0n) is 9.16. The van der Waals surface area contributed by atoms with Gasteiger partial charge in [0.2, 0.25) is 5.91 Å². The number of nitrogens with two attached hydrogens (primary N) is 1. The van der Waals surface area contributed by atoms with Gasteiger partial charge >= 0.3 is 0 Å². The van der Waals surface area contributed by atoms with E-state index >= 15 is 0 Å². The van der Waals surface area contributed by atoms with Crippen LogP contribution in [0.5, 0.6) is 0 Å². The second-order valence-corrected chi connectivity index (χ2v) is 3.71. The number of rotatable bonds is 4. The molecule has 1 aromatic heterocycles. The van der Waals surface area contributed by atoms with E-state index in [9.17, 15) is 4.79 Å². The number of nitrogens with zero attached hydrogens (tertiary/aromatic N) is 1. The Morgan fingerprint density at radius 1 is 1.67 bits per heavy atom. The molecule has 4 nitrogen and oxygen atoms in total. The largest absolute Gasteiger partial charge is 0.396 e. The predicted octanol–water partition coefficient (Wildman–Crippen LogP) is 2.04. The van der Waals surface area contributed by atoms with Gasteiger partial charge in [-0.05, 0) is 18.1 Å². The maximum Gasteiger partial charge on any atom is 0.225 e. The standard InChI is InChI=1S/C11H17N3O/c1-3-8(2)7-10(15)14-11-9(12)5-4-6-13-11/h4-6,8H,3,7,12H2,1-2H3,(H,13,14,15). The minimum atomic E-state index is -0.0326. The fourth-order valence-corrected chi connectivity index (χ4v) is 1.17. The summed E-state index contributed by atoms with van der Waals surface area (Å²) in [6, 6.07) is 3.45. The van der Waals surface area contributed by atoms with E-state index in [0.717, 1.165) is 6.42 Å². The van der Waals surface area contributed by atoms with Crippen molar-refractivity contribution >= 4 is 17.4 Å². The highest BCUT2D eigenvalue weighted by Gasteiger charge is 2.09. The molecule has 0 aliphatic rings. The van der Waals surface area contributed by atoms with Crippen LogP contribution < -0.4 is 11.1 Å². The van der Waals surface area contributed by atoms with Gasteiger partial charge in [0.25, 0.3) is 0 Å². The van der Waals surface area contributed by atoms with E-state index in [-0.39, 0.29) is 5.91 Å². The molecule has 1 unspecified atom stereocenters. The van der Waals surface area contributed by atoms with Crippen LogP contribution in [0.3, 0.4) is 0 Å². The number of amides is 1. The van der Waals surface area contributed by atoms with Gasteiger partial charge < -0.3 is 11.1 Å². The number of nitrogen functional groups attached to an aromatic ring is 1. The fourth-order valence-electron chi connectivity index (χ4n) is 1.17. The predicted molar refractivity (Wildman–Crippen MR) is 61.4 cm³/mol. The third-order valence-electron chi connectivity index (χ3n) is 2.33. The van der Waals surface area contributed by atoms with Gasteiger partial charge in [0.1, 0.15) is 0 Å². The molecule has 1 amide bonds. The van der Waals surface area contributed by atoms with Crippen LogP contribution in [0.15, 0.2) is 18.3 Å². The topological polar surface area (TPSA) is 68.0 Å². The second-order valence-electron chi connectivity index (χ2n) is 3.71. The van der Waals surface area contributed by atoms with Gasteiger partial charge in [-0.2, -0.15) is 0 Å². The molecule has 15 heavy (non-hydrogen) atoms. The van der Waals surface area contributed by atoms with Crippen LogP contribution in [0.1, 0.15) is 26.7 Å². The highest BCUT2D eigenvalue weighted by molar-refractivity contribution is 5.92. The quantitative estimate of drug-likeness (QED) is 0.793. The number of anilines is 2. The Balaban J connectivity index is 2.55. The molecule has 1 aromatic rings. The van der Waals surface area contributed by atoms with E-state index in [1.807, 2.05) is 6.92 Å². The number of nitrogens with one attached hydrogen (secondary N) is 1. The molecule has 1 rings (SSSR count). The summed E-state index contributed by atoms with van der Waals surface area (Å²) in [5, 5.41) is 2.70. The molecule has 0 aliphatic carbocycles. The van der Waals surface area contributed by atoms with Crippen LogP contribution in [0.25, 0.3) is 0 Å². The maximum absolute atomic E-state index is 11.5.